The summed E-state index contributed by atoms with van der Waals surface area (Å²) in [5, 5.41) is 4.32. The maximum absolute atomic E-state index is 5.87. The summed E-state index contributed by atoms with van der Waals surface area (Å²) in [6.45, 7) is 1.69. The number of amidine groups is 1. The van der Waals surface area contributed by atoms with Gasteiger partial charge in [-0.1, -0.05) is 18.2 Å². The molecule has 0 radical (unpaired) electrons. The molecule has 4 rings (SSSR count). The molecule has 0 saturated heterocycles. The van der Waals surface area contributed by atoms with Gasteiger partial charge in [0.25, 0.3) is 0 Å². The number of halogens is 1. The van der Waals surface area contributed by atoms with Gasteiger partial charge in [0.1, 0.15) is 11.3 Å². The van der Waals surface area contributed by atoms with Gasteiger partial charge in [-0.2, -0.15) is 0 Å². The molecule has 0 fully saturated rings. The van der Waals surface area contributed by atoms with Crippen LogP contribution in [0.4, 0.5) is 0 Å². The zero-order valence-corrected chi connectivity index (χ0v) is 13.5. The molecule has 23 heavy (non-hydrogen) atoms. The van der Waals surface area contributed by atoms with Crippen molar-refractivity contribution in [3.05, 3.63) is 54.3 Å². The second-order valence-corrected chi connectivity index (χ2v) is 5.25. The molecular formula is C18H17ClN2O2. The van der Waals surface area contributed by atoms with Gasteiger partial charge in [0.15, 0.2) is 11.6 Å². The number of nitrogens with zero attached hydrogens (tertiary/aromatic N) is 1. The first-order chi connectivity index (χ1) is 10.8. The number of furan rings is 1. The summed E-state index contributed by atoms with van der Waals surface area (Å²) in [5.74, 6) is 2.52. The van der Waals surface area contributed by atoms with E-state index in [0.717, 1.165) is 52.5 Å². The minimum Gasteiger partial charge on any atom is -0.497 e. The SMILES string of the molecule is COc1ccc(-c2ccc3oc(C4=NCCN4)cc3c2)cc1.Cl. The summed E-state index contributed by atoms with van der Waals surface area (Å²) < 4.78 is 11.1. The van der Waals surface area contributed by atoms with Crippen LogP contribution < -0.4 is 10.1 Å². The molecule has 1 aliphatic rings. The second-order valence-electron chi connectivity index (χ2n) is 5.25. The van der Waals surface area contributed by atoms with Gasteiger partial charge in [-0.25, -0.2) is 0 Å². The van der Waals surface area contributed by atoms with Crippen molar-refractivity contribution in [3.63, 3.8) is 0 Å². The van der Waals surface area contributed by atoms with Crippen LogP contribution >= 0.6 is 12.4 Å². The van der Waals surface area contributed by atoms with Crippen molar-refractivity contribution in [1.82, 2.24) is 5.32 Å². The Morgan fingerprint density at radius 2 is 1.83 bits per heavy atom. The predicted molar refractivity (Wildman–Crippen MR) is 94.9 cm³/mol. The van der Waals surface area contributed by atoms with Crippen LogP contribution in [0.5, 0.6) is 5.75 Å². The quantitative estimate of drug-likeness (QED) is 0.793. The van der Waals surface area contributed by atoms with E-state index in [1.54, 1.807) is 7.11 Å². The highest BCUT2D eigenvalue weighted by molar-refractivity contribution is 6.01. The van der Waals surface area contributed by atoms with Crippen molar-refractivity contribution in [3.8, 4) is 16.9 Å². The first kappa shape index (κ1) is 15.4. The van der Waals surface area contributed by atoms with Gasteiger partial charge in [0.2, 0.25) is 0 Å². The number of aliphatic imine (C=N–C) groups is 1. The Balaban J connectivity index is 0.00000156. The van der Waals surface area contributed by atoms with E-state index < -0.39 is 0 Å². The predicted octanol–water partition coefficient (Wildman–Crippen LogP) is 3.88. The number of methoxy groups -OCH3 is 1. The first-order valence-corrected chi connectivity index (χ1v) is 7.30. The van der Waals surface area contributed by atoms with E-state index in [-0.39, 0.29) is 12.4 Å². The zero-order chi connectivity index (χ0) is 14.9. The highest BCUT2D eigenvalue weighted by Crippen LogP contribution is 2.28. The largest absolute Gasteiger partial charge is 0.497 e. The molecule has 0 unspecified atom stereocenters. The fraction of sp³-hybridized carbons (Fsp3) is 0.167. The third-order valence-corrected chi connectivity index (χ3v) is 3.85. The van der Waals surface area contributed by atoms with E-state index in [4.69, 9.17) is 9.15 Å². The topological polar surface area (TPSA) is 46.8 Å². The Labute approximate surface area is 140 Å². The van der Waals surface area contributed by atoms with Crippen molar-refractivity contribution in [1.29, 1.82) is 0 Å². The molecule has 0 atom stereocenters. The highest BCUT2D eigenvalue weighted by atomic mass is 35.5. The maximum atomic E-state index is 5.87. The molecule has 0 spiro atoms. The van der Waals surface area contributed by atoms with Gasteiger partial charge in [0.05, 0.1) is 13.7 Å². The lowest BCUT2D eigenvalue weighted by atomic mass is 10.0. The highest BCUT2D eigenvalue weighted by Gasteiger charge is 2.13. The molecule has 0 saturated carbocycles. The summed E-state index contributed by atoms with van der Waals surface area (Å²) in [6, 6.07) is 16.3. The summed E-state index contributed by atoms with van der Waals surface area (Å²) in [4.78, 5) is 4.40. The molecule has 0 bridgehead atoms. The summed E-state index contributed by atoms with van der Waals surface area (Å²) in [7, 11) is 1.67. The van der Waals surface area contributed by atoms with E-state index in [2.05, 4.69) is 34.6 Å². The molecule has 5 heteroatoms. The van der Waals surface area contributed by atoms with Crippen LogP contribution in [-0.2, 0) is 0 Å². The number of nitrogens with one attached hydrogen (secondary N) is 1. The van der Waals surface area contributed by atoms with E-state index >= 15 is 0 Å². The van der Waals surface area contributed by atoms with Gasteiger partial charge in [-0.3, -0.25) is 4.99 Å². The first-order valence-electron chi connectivity index (χ1n) is 7.30. The van der Waals surface area contributed by atoms with Crippen molar-refractivity contribution >= 4 is 29.2 Å². The van der Waals surface area contributed by atoms with Crippen LogP contribution in [0.25, 0.3) is 22.1 Å². The molecule has 2 heterocycles. The summed E-state index contributed by atoms with van der Waals surface area (Å²) >= 11 is 0. The number of hydrogen-bond acceptors (Lipinski definition) is 4. The molecule has 118 valence electrons. The van der Waals surface area contributed by atoms with Crippen LogP contribution in [0.1, 0.15) is 5.76 Å². The zero-order valence-electron chi connectivity index (χ0n) is 12.7. The van der Waals surface area contributed by atoms with Crippen LogP contribution in [-0.4, -0.2) is 26.0 Å². The molecular weight excluding hydrogens is 312 g/mol. The number of fused-ring (bicyclic) bond motifs is 1. The minimum atomic E-state index is 0. The maximum Gasteiger partial charge on any atom is 0.170 e. The fourth-order valence-corrected chi connectivity index (χ4v) is 2.69. The molecule has 0 aliphatic carbocycles. The fourth-order valence-electron chi connectivity index (χ4n) is 2.69. The van der Waals surface area contributed by atoms with E-state index in [1.165, 1.54) is 0 Å². The normalized spacial score (nSPS) is 13.3. The Bertz CT molecular complexity index is 853. The molecule has 1 aromatic heterocycles. The minimum absolute atomic E-state index is 0. The van der Waals surface area contributed by atoms with Gasteiger partial charge in [0, 0.05) is 11.9 Å². The van der Waals surface area contributed by atoms with E-state index in [0.29, 0.717) is 0 Å². The Kier molecular flexibility index (Phi) is 4.26. The van der Waals surface area contributed by atoms with Crippen LogP contribution in [0.3, 0.4) is 0 Å². The van der Waals surface area contributed by atoms with Crippen molar-refractivity contribution in [2.45, 2.75) is 0 Å². The number of ether oxygens (including phenoxy) is 1. The molecule has 2 aromatic carbocycles. The molecule has 1 N–H and O–H groups in total. The molecule has 4 nitrogen and oxygen atoms in total. The lowest BCUT2D eigenvalue weighted by molar-refractivity contribution is 0.415. The standard InChI is InChI=1S/C18H16N2O2.ClH/c1-21-15-5-2-12(3-6-15)13-4-7-16-14(10-13)11-17(22-16)18-19-8-9-20-18;/h2-7,10-11H,8-9H2,1H3,(H,19,20);1H. The van der Waals surface area contributed by atoms with Crippen LogP contribution in [0.15, 0.2) is 57.9 Å². The van der Waals surface area contributed by atoms with Gasteiger partial charge in [-0.05, 0) is 41.5 Å². The Morgan fingerprint density at radius 1 is 1.04 bits per heavy atom. The van der Waals surface area contributed by atoms with Crippen LogP contribution in [0, 0.1) is 0 Å². The molecule has 0 amide bonds. The van der Waals surface area contributed by atoms with Crippen molar-refractivity contribution in [2.24, 2.45) is 4.99 Å². The van der Waals surface area contributed by atoms with Crippen molar-refractivity contribution < 1.29 is 9.15 Å². The average Bonchev–Trinajstić information content (AvgIpc) is 3.23. The molecule has 1 aliphatic heterocycles. The Morgan fingerprint density at radius 3 is 2.52 bits per heavy atom. The number of rotatable bonds is 3. The van der Waals surface area contributed by atoms with Crippen LogP contribution in [0.2, 0.25) is 0 Å². The van der Waals surface area contributed by atoms with Gasteiger partial charge in [-0.15, -0.1) is 12.4 Å². The van der Waals surface area contributed by atoms with Gasteiger partial charge < -0.3 is 14.5 Å². The lowest BCUT2D eigenvalue weighted by Crippen LogP contribution is -2.18. The third kappa shape index (κ3) is 2.90. The Hall–Kier alpha value is -2.46. The lowest BCUT2D eigenvalue weighted by Gasteiger charge is -2.03. The third-order valence-electron chi connectivity index (χ3n) is 3.85. The number of benzene rings is 2. The average molecular weight is 329 g/mol. The summed E-state index contributed by atoms with van der Waals surface area (Å²) in [5.41, 5.74) is 3.19. The van der Waals surface area contributed by atoms with E-state index in [9.17, 15) is 0 Å². The second kappa shape index (κ2) is 6.34. The molecule has 3 aromatic rings. The van der Waals surface area contributed by atoms with E-state index in [1.807, 2.05) is 24.3 Å². The number of hydrogen-bond donors (Lipinski definition) is 1. The van der Waals surface area contributed by atoms with Gasteiger partial charge >= 0.3 is 0 Å². The smallest absolute Gasteiger partial charge is 0.170 e. The monoisotopic (exact) mass is 328 g/mol. The van der Waals surface area contributed by atoms with Crippen molar-refractivity contribution in [2.75, 3.05) is 20.2 Å². The summed E-state index contributed by atoms with van der Waals surface area (Å²) in [6.07, 6.45) is 0.